The number of amides is 1. The van der Waals surface area contributed by atoms with Crippen LogP contribution in [0.1, 0.15) is 0 Å². The highest BCUT2D eigenvalue weighted by atomic mass is 32.2. The number of carbonyl (C=O) groups excluding carboxylic acids is 1. The molecular formula is C20H22FN3OS3. The largest absolute Gasteiger partial charge is 0.308 e. The Bertz CT molecular complexity index is 944. The lowest BCUT2D eigenvalue weighted by molar-refractivity contribution is -0.116. The van der Waals surface area contributed by atoms with Gasteiger partial charge in [-0.05, 0) is 62.8 Å². The molecule has 0 bridgehead atoms. The third kappa shape index (κ3) is 5.47. The number of carbonyl (C=O) groups is 1. The first kappa shape index (κ1) is 21.1. The number of benzene rings is 2. The van der Waals surface area contributed by atoms with E-state index in [-0.39, 0.29) is 17.5 Å². The van der Waals surface area contributed by atoms with Crippen LogP contribution < -0.4 is 4.90 Å². The van der Waals surface area contributed by atoms with E-state index in [0.29, 0.717) is 6.54 Å². The fraction of sp³-hybridized carbons (Fsp3) is 0.300. The number of hydrogen-bond donors (Lipinski definition) is 0. The van der Waals surface area contributed by atoms with E-state index < -0.39 is 0 Å². The molecular weight excluding hydrogens is 413 g/mol. The zero-order chi connectivity index (χ0) is 20.1. The fourth-order valence-electron chi connectivity index (χ4n) is 2.52. The number of fused-ring (bicyclic) bond motifs is 1. The first-order chi connectivity index (χ1) is 13.5. The van der Waals surface area contributed by atoms with Crippen molar-refractivity contribution in [3.63, 3.8) is 0 Å². The summed E-state index contributed by atoms with van der Waals surface area (Å²) in [7, 11) is 3.97. The van der Waals surface area contributed by atoms with E-state index in [0.717, 1.165) is 26.8 Å². The SMILES string of the molecule is CSc1ccc2nc(N(CCN(C)C)C(=O)CSc3ccc(F)cc3)sc2c1. The minimum absolute atomic E-state index is 0.000297. The van der Waals surface area contributed by atoms with Crippen LogP contribution in [0.3, 0.4) is 0 Å². The lowest BCUT2D eigenvalue weighted by Gasteiger charge is -2.21. The van der Waals surface area contributed by atoms with Gasteiger partial charge in [-0.3, -0.25) is 9.69 Å². The Morgan fingerprint density at radius 3 is 2.50 bits per heavy atom. The minimum Gasteiger partial charge on any atom is -0.308 e. The maximum absolute atomic E-state index is 13.1. The highest BCUT2D eigenvalue weighted by Gasteiger charge is 2.20. The summed E-state index contributed by atoms with van der Waals surface area (Å²) in [5.41, 5.74) is 0.909. The van der Waals surface area contributed by atoms with Crippen molar-refractivity contribution in [2.24, 2.45) is 0 Å². The molecule has 0 aliphatic heterocycles. The topological polar surface area (TPSA) is 36.4 Å². The second kappa shape index (κ2) is 9.73. The Morgan fingerprint density at radius 1 is 1.11 bits per heavy atom. The molecule has 0 saturated carbocycles. The molecule has 3 aromatic rings. The fourth-order valence-corrected chi connectivity index (χ4v) is 4.85. The number of halogens is 1. The number of thiazole rings is 1. The van der Waals surface area contributed by atoms with Crippen LogP contribution in [0.15, 0.2) is 52.3 Å². The monoisotopic (exact) mass is 435 g/mol. The highest BCUT2D eigenvalue weighted by Crippen LogP contribution is 2.32. The number of hydrogen-bond acceptors (Lipinski definition) is 6. The van der Waals surface area contributed by atoms with Crippen LogP contribution in [0, 0.1) is 5.82 Å². The average molecular weight is 436 g/mol. The van der Waals surface area contributed by atoms with Gasteiger partial charge in [0.2, 0.25) is 5.91 Å². The molecule has 1 amide bonds. The van der Waals surface area contributed by atoms with Gasteiger partial charge >= 0.3 is 0 Å². The van der Waals surface area contributed by atoms with Gasteiger partial charge in [0.15, 0.2) is 5.13 Å². The lowest BCUT2D eigenvalue weighted by atomic mass is 10.3. The lowest BCUT2D eigenvalue weighted by Crippen LogP contribution is -2.37. The Morgan fingerprint density at radius 2 is 1.82 bits per heavy atom. The summed E-state index contributed by atoms with van der Waals surface area (Å²) in [6.45, 7) is 1.32. The number of thioether (sulfide) groups is 2. The van der Waals surface area contributed by atoms with Crippen molar-refractivity contribution in [3.8, 4) is 0 Å². The van der Waals surface area contributed by atoms with Crippen LogP contribution in [0.4, 0.5) is 9.52 Å². The molecule has 3 rings (SSSR count). The van der Waals surface area contributed by atoms with E-state index in [9.17, 15) is 9.18 Å². The number of rotatable bonds is 8. The van der Waals surface area contributed by atoms with Crippen LogP contribution in [-0.4, -0.2) is 55.0 Å². The number of nitrogens with zero attached hydrogens (tertiary/aromatic N) is 3. The third-order valence-electron chi connectivity index (χ3n) is 4.06. The van der Waals surface area contributed by atoms with Gasteiger partial charge in [-0.15, -0.1) is 23.5 Å². The summed E-state index contributed by atoms with van der Waals surface area (Å²) in [5.74, 6) is 0.00750. The van der Waals surface area contributed by atoms with Crippen LogP contribution in [0.25, 0.3) is 10.2 Å². The zero-order valence-corrected chi connectivity index (χ0v) is 18.5. The summed E-state index contributed by atoms with van der Waals surface area (Å²) in [5, 5.41) is 0.722. The molecule has 0 aliphatic carbocycles. The van der Waals surface area contributed by atoms with Gasteiger partial charge in [0.05, 0.1) is 16.0 Å². The quantitative estimate of drug-likeness (QED) is 0.473. The Balaban J connectivity index is 1.79. The minimum atomic E-state index is -0.276. The summed E-state index contributed by atoms with van der Waals surface area (Å²) in [4.78, 5) is 23.5. The van der Waals surface area contributed by atoms with Crippen molar-refractivity contribution < 1.29 is 9.18 Å². The van der Waals surface area contributed by atoms with Crippen molar-refractivity contribution in [3.05, 3.63) is 48.3 Å². The third-order valence-corrected chi connectivity index (χ3v) is 6.83. The Labute approximate surface area is 177 Å². The predicted molar refractivity (Wildman–Crippen MR) is 119 cm³/mol. The first-order valence-electron chi connectivity index (χ1n) is 8.74. The molecule has 8 heteroatoms. The average Bonchev–Trinajstić information content (AvgIpc) is 3.10. The van der Waals surface area contributed by atoms with Crippen LogP contribution >= 0.6 is 34.9 Å². The normalized spacial score (nSPS) is 11.3. The van der Waals surface area contributed by atoms with Crippen molar-refractivity contribution in [2.45, 2.75) is 9.79 Å². The van der Waals surface area contributed by atoms with Crippen LogP contribution in [0.2, 0.25) is 0 Å². The van der Waals surface area contributed by atoms with Crippen molar-refractivity contribution in [2.75, 3.05) is 44.1 Å². The molecule has 0 radical (unpaired) electrons. The van der Waals surface area contributed by atoms with Crippen LogP contribution in [-0.2, 0) is 4.79 Å². The number of likely N-dealkylation sites (N-methyl/N-ethyl adjacent to an activating group) is 1. The molecule has 4 nitrogen and oxygen atoms in total. The summed E-state index contributed by atoms with van der Waals surface area (Å²) < 4.78 is 14.1. The van der Waals surface area contributed by atoms with E-state index in [2.05, 4.69) is 6.07 Å². The van der Waals surface area contributed by atoms with Gasteiger partial charge in [-0.1, -0.05) is 11.3 Å². The standard InChI is InChI=1S/C20H22FN3OS3/c1-23(2)10-11-24(19(25)13-27-15-6-4-14(21)5-7-15)20-22-17-9-8-16(26-3)12-18(17)28-20/h4-9,12H,10-11,13H2,1-3H3. The Kier molecular flexibility index (Phi) is 7.34. The molecule has 1 aromatic heterocycles. The predicted octanol–water partition coefficient (Wildman–Crippen LogP) is 4.84. The molecule has 0 aliphatic rings. The van der Waals surface area contributed by atoms with E-state index in [1.807, 2.05) is 37.4 Å². The van der Waals surface area contributed by atoms with Gasteiger partial charge in [0, 0.05) is 22.9 Å². The maximum Gasteiger partial charge on any atom is 0.239 e. The summed E-state index contributed by atoms with van der Waals surface area (Å²) in [6.07, 6.45) is 2.04. The molecule has 0 saturated heterocycles. The van der Waals surface area contributed by atoms with E-state index in [4.69, 9.17) is 4.98 Å². The van der Waals surface area contributed by atoms with Crippen molar-refractivity contribution in [1.82, 2.24) is 9.88 Å². The van der Waals surface area contributed by atoms with E-state index in [1.54, 1.807) is 40.1 Å². The van der Waals surface area contributed by atoms with Crippen molar-refractivity contribution in [1.29, 1.82) is 0 Å². The molecule has 1 heterocycles. The Hall–Kier alpha value is -1.61. The van der Waals surface area contributed by atoms with E-state index in [1.165, 1.54) is 28.8 Å². The van der Waals surface area contributed by atoms with Gasteiger partial charge in [-0.2, -0.15) is 0 Å². The summed E-state index contributed by atoms with van der Waals surface area (Å²) in [6, 6.07) is 12.4. The molecule has 2 aromatic carbocycles. The van der Waals surface area contributed by atoms with Gasteiger partial charge in [0.1, 0.15) is 5.82 Å². The van der Waals surface area contributed by atoms with Gasteiger partial charge < -0.3 is 4.90 Å². The molecule has 148 valence electrons. The second-order valence-corrected chi connectivity index (χ2v) is 9.36. The zero-order valence-electron chi connectivity index (χ0n) is 16.0. The van der Waals surface area contributed by atoms with Crippen molar-refractivity contribution >= 4 is 56.1 Å². The highest BCUT2D eigenvalue weighted by molar-refractivity contribution is 8.00. The van der Waals surface area contributed by atoms with Gasteiger partial charge in [0.25, 0.3) is 0 Å². The maximum atomic E-state index is 13.1. The first-order valence-corrected chi connectivity index (χ1v) is 11.8. The molecule has 0 N–H and O–H groups in total. The molecule has 0 spiro atoms. The number of anilines is 1. The molecule has 0 atom stereocenters. The van der Waals surface area contributed by atoms with Gasteiger partial charge in [-0.25, -0.2) is 9.37 Å². The number of aromatic nitrogens is 1. The smallest absolute Gasteiger partial charge is 0.239 e. The molecule has 0 fully saturated rings. The molecule has 0 unspecified atom stereocenters. The van der Waals surface area contributed by atoms with E-state index >= 15 is 0 Å². The molecule has 28 heavy (non-hydrogen) atoms. The second-order valence-electron chi connectivity index (χ2n) is 6.42. The van der Waals surface area contributed by atoms with Crippen LogP contribution in [0.5, 0.6) is 0 Å². The summed E-state index contributed by atoms with van der Waals surface area (Å²) >= 11 is 4.64.